The normalized spacial score (nSPS) is 23.1. The van der Waals surface area contributed by atoms with Crippen LogP contribution in [0.4, 0.5) is 5.69 Å². The Labute approximate surface area is 112 Å². The maximum atomic E-state index is 4.70. The molecule has 17 heavy (non-hydrogen) atoms. The minimum Gasteiger partial charge on any atom is -0.366 e. The minimum atomic E-state index is 0.182. The van der Waals surface area contributed by atoms with Gasteiger partial charge >= 0.3 is 0 Å². The van der Waals surface area contributed by atoms with Crippen LogP contribution < -0.4 is 4.90 Å². The number of hydrogen-bond acceptors (Lipinski definition) is 2. The fraction of sp³-hybridized carbons (Fsp3) is 0.643. The minimum absolute atomic E-state index is 0.182. The molecule has 2 nitrogen and oxygen atoms in total. The van der Waals surface area contributed by atoms with Crippen LogP contribution in [0.15, 0.2) is 16.7 Å². The first-order valence-corrected chi connectivity index (χ1v) is 7.31. The molecule has 1 saturated carbocycles. The van der Waals surface area contributed by atoms with Crippen molar-refractivity contribution in [3.63, 3.8) is 0 Å². The number of rotatable bonds is 1. The van der Waals surface area contributed by atoms with Crippen molar-refractivity contribution in [3.05, 3.63) is 22.4 Å². The molecule has 0 unspecified atom stereocenters. The molecule has 0 N–H and O–H groups in total. The van der Waals surface area contributed by atoms with E-state index in [0.29, 0.717) is 0 Å². The number of nitrogens with zero attached hydrogens (tertiary/aromatic N) is 2. The van der Waals surface area contributed by atoms with Gasteiger partial charge in [-0.25, -0.2) is 4.98 Å². The molecule has 0 spiro atoms. The Morgan fingerprint density at radius 2 is 2.00 bits per heavy atom. The van der Waals surface area contributed by atoms with Crippen molar-refractivity contribution in [2.75, 3.05) is 11.4 Å². The van der Waals surface area contributed by atoms with E-state index >= 15 is 0 Å². The van der Waals surface area contributed by atoms with Crippen molar-refractivity contribution in [3.8, 4) is 0 Å². The maximum Gasteiger partial charge on any atom is 0.106 e. The number of aromatic nitrogens is 1. The fourth-order valence-electron chi connectivity index (χ4n) is 3.29. The Bertz CT molecular complexity index is 436. The number of hydrogen-bond donors (Lipinski definition) is 0. The van der Waals surface area contributed by atoms with Crippen LogP contribution in [0.25, 0.3) is 0 Å². The summed E-state index contributed by atoms with van der Waals surface area (Å²) in [7, 11) is 0. The highest BCUT2D eigenvalue weighted by molar-refractivity contribution is 9.10. The van der Waals surface area contributed by atoms with Gasteiger partial charge in [0, 0.05) is 18.0 Å². The molecular weight excluding hydrogens is 276 g/mol. The highest BCUT2D eigenvalue weighted by atomic mass is 79.9. The average molecular weight is 295 g/mol. The fourth-order valence-corrected chi connectivity index (χ4v) is 3.59. The van der Waals surface area contributed by atoms with Crippen LogP contribution in [-0.2, 0) is 5.41 Å². The first-order valence-electron chi connectivity index (χ1n) is 6.51. The third kappa shape index (κ3) is 1.88. The standard InChI is InChI=1S/C14H19BrN2/c1-14(2)9-17(10-5-3-4-6-10)11-7-8-12(15)16-13(11)14/h7-8,10H,3-6,9H2,1-2H3. The Hall–Kier alpha value is -0.570. The zero-order chi connectivity index (χ0) is 12.0. The lowest BCUT2D eigenvalue weighted by atomic mass is 9.91. The topological polar surface area (TPSA) is 16.1 Å². The lowest BCUT2D eigenvalue weighted by molar-refractivity contribution is 0.504. The second-order valence-corrected chi connectivity index (χ2v) is 6.76. The summed E-state index contributed by atoms with van der Waals surface area (Å²) in [6.45, 7) is 5.73. The van der Waals surface area contributed by atoms with Gasteiger partial charge in [-0.15, -0.1) is 0 Å². The summed E-state index contributed by atoms with van der Waals surface area (Å²) in [5, 5.41) is 0. The first-order chi connectivity index (χ1) is 8.08. The molecule has 1 aromatic rings. The van der Waals surface area contributed by atoms with Crippen LogP contribution in [0.3, 0.4) is 0 Å². The average Bonchev–Trinajstić information content (AvgIpc) is 2.86. The molecule has 2 heterocycles. The molecule has 3 heteroatoms. The van der Waals surface area contributed by atoms with Crippen LogP contribution in [0.2, 0.25) is 0 Å². The molecule has 0 radical (unpaired) electrons. The summed E-state index contributed by atoms with van der Waals surface area (Å²) >= 11 is 3.49. The second kappa shape index (κ2) is 3.98. The zero-order valence-electron chi connectivity index (χ0n) is 10.5. The highest BCUT2D eigenvalue weighted by Gasteiger charge is 2.40. The molecular formula is C14H19BrN2. The van der Waals surface area contributed by atoms with E-state index in [4.69, 9.17) is 4.98 Å². The van der Waals surface area contributed by atoms with Crippen LogP contribution in [0.1, 0.15) is 45.2 Å². The molecule has 0 bridgehead atoms. The third-order valence-corrected chi connectivity index (χ3v) is 4.56. The highest BCUT2D eigenvalue weighted by Crippen LogP contribution is 2.43. The smallest absolute Gasteiger partial charge is 0.106 e. The molecule has 92 valence electrons. The zero-order valence-corrected chi connectivity index (χ0v) is 12.1. The van der Waals surface area contributed by atoms with Gasteiger partial charge in [-0.3, -0.25) is 0 Å². The lowest BCUT2D eigenvalue weighted by Crippen LogP contribution is -2.35. The molecule has 0 aromatic carbocycles. The Kier molecular flexibility index (Phi) is 2.69. The monoisotopic (exact) mass is 294 g/mol. The van der Waals surface area contributed by atoms with Gasteiger partial charge in [0.1, 0.15) is 4.60 Å². The van der Waals surface area contributed by atoms with E-state index < -0.39 is 0 Å². The van der Waals surface area contributed by atoms with Crippen LogP contribution >= 0.6 is 15.9 Å². The van der Waals surface area contributed by atoms with E-state index in [1.807, 2.05) is 0 Å². The van der Waals surface area contributed by atoms with Gasteiger partial charge in [-0.2, -0.15) is 0 Å². The van der Waals surface area contributed by atoms with Crippen molar-refractivity contribution in [1.82, 2.24) is 4.98 Å². The van der Waals surface area contributed by atoms with E-state index in [0.717, 1.165) is 17.2 Å². The van der Waals surface area contributed by atoms with Gasteiger partial charge in [-0.1, -0.05) is 26.7 Å². The van der Waals surface area contributed by atoms with E-state index in [1.54, 1.807) is 0 Å². The van der Waals surface area contributed by atoms with E-state index in [2.05, 4.69) is 46.8 Å². The molecule has 2 aliphatic rings. The van der Waals surface area contributed by atoms with Crippen molar-refractivity contribution >= 4 is 21.6 Å². The third-order valence-electron chi connectivity index (χ3n) is 4.12. The molecule has 1 aromatic heterocycles. The lowest BCUT2D eigenvalue weighted by Gasteiger charge is -2.28. The molecule has 1 fully saturated rings. The Balaban J connectivity index is 2.01. The van der Waals surface area contributed by atoms with E-state index in [-0.39, 0.29) is 5.41 Å². The number of pyridine rings is 1. The summed E-state index contributed by atoms with van der Waals surface area (Å²) in [5.74, 6) is 0. The Morgan fingerprint density at radius 1 is 1.29 bits per heavy atom. The van der Waals surface area contributed by atoms with Crippen molar-refractivity contribution in [2.24, 2.45) is 0 Å². The molecule has 0 atom stereocenters. The van der Waals surface area contributed by atoms with Gasteiger partial charge in [0.2, 0.25) is 0 Å². The first kappa shape index (κ1) is 11.5. The Morgan fingerprint density at radius 3 is 2.71 bits per heavy atom. The summed E-state index contributed by atoms with van der Waals surface area (Å²) in [6, 6.07) is 5.06. The molecule has 1 aliphatic carbocycles. The summed E-state index contributed by atoms with van der Waals surface area (Å²) in [5.41, 5.74) is 2.81. The maximum absolute atomic E-state index is 4.70. The molecule has 1 aliphatic heterocycles. The van der Waals surface area contributed by atoms with Crippen LogP contribution in [-0.4, -0.2) is 17.6 Å². The SMILES string of the molecule is CC1(C)CN(C2CCCC2)c2ccc(Br)nc21. The predicted octanol–water partition coefficient (Wildman–Crippen LogP) is 3.88. The molecule has 0 saturated heterocycles. The summed E-state index contributed by atoms with van der Waals surface area (Å²) in [6.07, 6.45) is 5.49. The predicted molar refractivity (Wildman–Crippen MR) is 74.6 cm³/mol. The van der Waals surface area contributed by atoms with Crippen molar-refractivity contribution in [2.45, 2.75) is 51.0 Å². The van der Waals surface area contributed by atoms with Gasteiger partial charge in [0.15, 0.2) is 0 Å². The van der Waals surface area contributed by atoms with Crippen molar-refractivity contribution in [1.29, 1.82) is 0 Å². The van der Waals surface area contributed by atoms with Crippen molar-refractivity contribution < 1.29 is 0 Å². The van der Waals surface area contributed by atoms with Gasteiger partial charge in [0.25, 0.3) is 0 Å². The van der Waals surface area contributed by atoms with Crippen LogP contribution in [0, 0.1) is 0 Å². The van der Waals surface area contributed by atoms with E-state index in [9.17, 15) is 0 Å². The summed E-state index contributed by atoms with van der Waals surface area (Å²) in [4.78, 5) is 7.30. The summed E-state index contributed by atoms with van der Waals surface area (Å²) < 4.78 is 0.956. The largest absolute Gasteiger partial charge is 0.366 e. The second-order valence-electron chi connectivity index (χ2n) is 5.95. The molecule has 3 rings (SSSR count). The van der Waals surface area contributed by atoms with Crippen LogP contribution in [0.5, 0.6) is 0 Å². The number of fused-ring (bicyclic) bond motifs is 1. The quantitative estimate of drug-likeness (QED) is 0.731. The number of anilines is 1. The van der Waals surface area contributed by atoms with E-state index in [1.165, 1.54) is 37.1 Å². The van der Waals surface area contributed by atoms with Gasteiger partial charge in [-0.05, 0) is 40.9 Å². The molecule has 0 amide bonds. The van der Waals surface area contributed by atoms with Gasteiger partial charge < -0.3 is 4.90 Å². The van der Waals surface area contributed by atoms with Gasteiger partial charge in [0.05, 0.1) is 11.4 Å². The number of halogens is 1.